The molecule has 26 nitrogen and oxygen atoms in total. The Kier molecular flexibility index (Phi) is 22.4. The van der Waals surface area contributed by atoms with E-state index in [9.17, 15) is 48.9 Å². The molecular weight excluding hydrogens is 1180 g/mol. The molecule has 0 aromatic heterocycles. The lowest BCUT2D eigenvalue weighted by molar-refractivity contribution is -0.128. The van der Waals surface area contributed by atoms with E-state index in [1.54, 1.807) is 88.6 Å². The Balaban J connectivity index is 0.898. The first-order chi connectivity index (χ1) is 43.3. The third kappa shape index (κ3) is 15.9. The van der Waals surface area contributed by atoms with E-state index in [4.69, 9.17) is 39.9 Å². The molecule has 0 spiro atoms. The summed E-state index contributed by atoms with van der Waals surface area (Å²) in [6, 6.07) is 14.2. The van der Waals surface area contributed by atoms with Crippen LogP contribution >= 0.6 is 0 Å². The van der Waals surface area contributed by atoms with E-state index in [0.717, 1.165) is 16.0 Å². The van der Waals surface area contributed by atoms with Gasteiger partial charge in [-0.2, -0.15) is 0 Å². The number of benzene rings is 4. The highest BCUT2D eigenvalue weighted by Crippen LogP contribution is 2.44. The van der Waals surface area contributed by atoms with Crippen LogP contribution in [-0.4, -0.2) is 149 Å². The van der Waals surface area contributed by atoms with Crippen LogP contribution in [-0.2, 0) is 41.9 Å². The number of fused-ring (bicyclic) bond motifs is 4. The number of aliphatic hydroxyl groups excluding tert-OH is 3. The molecule has 490 valence electrons. The second-order valence-corrected chi connectivity index (χ2v) is 23.9. The first-order valence-corrected chi connectivity index (χ1v) is 30.3. The highest BCUT2D eigenvalue weighted by atomic mass is 16.6. The maximum absolute atomic E-state index is 14.3. The molecule has 4 heterocycles. The van der Waals surface area contributed by atoms with E-state index < -0.39 is 96.7 Å². The number of anilines is 4. The van der Waals surface area contributed by atoms with E-state index in [1.165, 1.54) is 53.2 Å². The normalized spacial score (nSPS) is 19.3. The van der Waals surface area contributed by atoms with Gasteiger partial charge in [-0.3, -0.25) is 33.7 Å². The molecule has 0 saturated carbocycles. The summed E-state index contributed by atoms with van der Waals surface area (Å²) < 4.78 is 35.7. The van der Waals surface area contributed by atoms with E-state index in [0.29, 0.717) is 48.2 Å². The van der Waals surface area contributed by atoms with Gasteiger partial charge in [0.25, 0.3) is 11.8 Å². The van der Waals surface area contributed by atoms with Crippen molar-refractivity contribution in [1.82, 2.24) is 20.4 Å². The van der Waals surface area contributed by atoms with Gasteiger partial charge in [0.15, 0.2) is 35.5 Å². The zero-order valence-corrected chi connectivity index (χ0v) is 52.9. The number of ether oxygens (including phenoxy) is 6. The molecule has 0 fully saturated rings. The molecule has 4 aromatic carbocycles. The average Bonchev–Trinajstić information content (AvgIpc) is 1.64. The van der Waals surface area contributed by atoms with E-state index >= 15 is 0 Å². The van der Waals surface area contributed by atoms with Crippen LogP contribution in [0.2, 0.25) is 0 Å². The fourth-order valence-corrected chi connectivity index (χ4v) is 10.8. The SMILES string of the molecule is COc1cc2c(cc1OCCCCCOc1cc3c(cc1OC)C(=O)N1C=C(C)C[C@H]1[C@H](O)N3C(O)OCc1ccc(NC(=O)[C@H](C)NC(=O)[C@@H](N)C(C)C)cc1)N(C(=O)OCc1ccc(NC(=O)[C@H](C)NC(=O)[C@@H](N)C(C)C)cc1)[C@@H](O)[C@@H]1CC(C)=CN1C2=O. The van der Waals surface area contributed by atoms with Crippen molar-refractivity contribution in [2.45, 2.75) is 156 Å². The largest absolute Gasteiger partial charge is 0.493 e. The molecule has 0 bridgehead atoms. The first-order valence-electron chi connectivity index (χ1n) is 30.3. The minimum atomic E-state index is -1.78. The Morgan fingerprint density at radius 3 is 1.46 bits per heavy atom. The second kappa shape index (κ2) is 29.9. The molecule has 11 N–H and O–H groups in total. The molecule has 4 aliphatic rings. The number of carbonyl (C=O) groups is 7. The summed E-state index contributed by atoms with van der Waals surface area (Å²) in [5, 5.41) is 46.5. The van der Waals surface area contributed by atoms with Crippen LogP contribution in [0.3, 0.4) is 0 Å². The van der Waals surface area contributed by atoms with E-state index in [-0.39, 0.29) is 90.2 Å². The fraction of sp³-hybridized carbons (Fsp3) is 0.462. The molecule has 8 rings (SSSR count). The van der Waals surface area contributed by atoms with Gasteiger partial charge in [-0.05, 0) is 119 Å². The number of unbranched alkanes of at least 4 members (excludes halogenated alkanes) is 2. The Morgan fingerprint density at radius 1 is 0.582 bits per heavy atom. The van der Waals surface area contributed by atoms with Gasteiger partial charge in [-0.1, -0.05) is 63.1 Å². The topological polar surface area (TPSA) is 349 Å². The van der Waals surface area contributed by atoms with Crippen molar-refractivity contribution in [2.75, 3.05) is 47.9 Å². The zero-order valence-electron chi connectivity index (χ0n) is 52.9. The molecule has 26 heteroatoms. The smallest absolute Gasteiger partial charge is 0.416 e. The van der Waals surface area contributed by atoms with Crippen molar-refractivity contribution in [2.24, 2.45) is 23.3 Å². The molecule has 7 amide bonds. The number of amides is 7. The molecule has 9 atom stereocenters. The molecule has 0 radical (unpaired) electrons. The lowest BCUT2D eigenvalue weighted by Crippen LogP contribution is -2.52. The summed E-state index contributed by atoms with van der Waals surface area (Å²) >= 11 is 0. The molecule has 0 aliphatic carbocycles. The number of nitrogens with two attached hydrogens (primary N) is 2. The molecule has 91 heavy (non-hydrogen) atoms. The summed E-state index contributed by atoms with van der Waals surface area (Å²) in [6.45, 7) is 13.9. The maximum atomic E-state index is 14.3. The summed E-state index contributed by atoms with van der Waals surface area (Å²) in [5.41, 5.74) is 15.9. The van der Waals surface area contributed by atoms with Crippen molar-refractivity contribution in [3.05, 3.63) is 119 Å². The molecular formula is C65H84N10O16. The Labute approximate surface area is 528 Å². The van der Waals surface area contributed by atoms with Gasteiger partial charge in [-0.25, -0.2) is 9.69 Å². The van der Waals surface area contributed by atoms with Crippen molar-refractivity contribution < 1.29 is 77.3 Å². The summed E-state index contributed by atoms with van der Waals surface area (Å²) in [4.78, 5) is 98.4. The monoisotopic (exact) mass is 1260 g/mol. The molecule has 4 aliphatic heterocycles. The highest BCUT2D eigenvalue weighted by Gasteiger charge is 2.47. The van der Waals surface area contributed by atoms with Crippen molar-refractivity contribution in [1.29, 1.82) is 0 Å². The number of carbonyl (C=O) groups excluding carboxylic acids is 7. The number of nitrogens with zero attached hydrogens (tertiary/aromatic N) is 4. The number of aliphatic hydroxyl groups is 3. The summed E-state index contributed by atoms with van der Waals surface area (Å²) in [7, 11) is 2.85. The Bertz CT molecular complexity index is 3400. The Hall–Kier alpha value is -8.79. The van der Waals surface area contributed by atoms with Gasteiger partial charge in [-0.15, -0.1) is 0 Å². The predicted molar refractivity (Wildman–Crippen MR) is 336 cm³/mol. The maximum Gasteiger partial charge on any atom is 0.416 e. The van der Waals surface area contributed by atoms with Crippen molar-refractivity contribution in [3.63, 3.8) is 0 Å². The van der Waals surface area contributed by atoms with Gasteiger partial charge in [0.05, 0.1) is 80.7 Å². The number of hydrogen-bond donors (Lipinski definition) is 9. The van der Waals surface area contributed by atoms with Crippen LogP contribution in [0.4, 0.5) is 27.5 Å². The lowest BCUT2D eigenvalue weighted by atomic mass is 10.0. The first kappa shape index (κ1) is 68.1. The van der Waals surface area contributed by atoms with E-state index in [1.807, 2.05) is 27.7 Å². The highest BCUT2D eigenvalue weighted by molar-refractivity contribution is 6.07. The molecule has 4 aromatic rings. The van der Waals surface area contributed by atoms with Gasteiger partial charge >= 0.3 is 6.09 Å². The number of methoxy groups -OCH3 is 2. The van der Waals surface area contributed by atoms with Gasteiger partial charge < -0.3 is 86.3 Å². The third-order valence-corrected chi connectivity index (χ3v) is 16.3. The van der Waals surface area contributed by atoms with E-state index in [2.05, 4.69) is 21.3 Å². The number of nitrogens with one attached hydrogen (secondary N) is 4. The van der Waals surface area contributed by atoms with Crippen LogP contribution in [0.5, 0.6) is 23.0 Å². The van der Waals surface area contributed by atoms with Crippen LogP contribution in [0.15, 0.2) is 96.3 Å². The number of hydrogen-bond acceptors (Lipinski definition) is 19. The standard InChI is InChI=1S/C65H84N10O16/c1-34(2)54(66)58(78)68-38(7)56(76)70-42-18-14-40(15-19-42)32-90-64(84)74-46-28-52(50(86-9)26-44(46)60(80)72-30-36(5)24-48(72)62(74)82)88-22-12-11-13-23-89-53-29-47-45(27-51(53)87-10)61(81)73-31-37(6)25-49(73)63(83)75(47)65(85)91-33-41-16-20-43(21-17-41)71-57(77)39(8)69-59(79)55(67)35(3)4/h14-21,26-31,34-35,38-39,48-49,54-55,62-64,82-84H,11-13,22-25,32-33,66-67H2,1-10H3,(H,68,78)(H,69,79)(H,70,76)(H,71,77)/t38-,39-,48-,49-,54-,55-,62-,63-,64?/m0/s1. The van der Waals surface area contributed by atoms with Crippen molar-refractivity contribution >= 4 is 64.3 Å². The van der Waals surface area contributed by atoms with Gasteiger partial charge in [0.2, 0.25) is 30.0 Å². The van der Waals surface area contributed by atoms with Crippen LogP contribution in [0.25, 0.3) is 0 Å². The Morgan fingerprint density at radius 2 is 1.01 bits per heavy atom. The molecule has 0 saturated heterocycles. The van der Waals surface area contributed by atoms with Crippen LogP contribution < -0.4 is 61.5 Å². The predicted octanol–water partition coefficient (Wildman–Crippen LogP) is 5.53. The van der Waals surface area contributed by atoms with Crippen LogP contribution in [0.1, 0.15) is 119 Å². The fourth-order valence-electron chi connectivity index (χ4n) is 10.8. The van der Waals surface area contributed by atoms with Gasteiger partial charge in [0, 0.05) is 35.9 Å². The zero-order chi connectivity index (χ0) is 66.1. The minimum Gasteiger partial charge on any atom is -0.493 e. The third-order valence-electron chi connectivity index (χ3n) is 16.3. The van der Waals surface area contributed by atoms with Crippen molar-refractivity contribution in [3.8, 4) is 23.0 Å². The lowest BCUT2D eigenvalue weighted by Gasteiger charge is -2.36. The minimum absolute atomic E-state index is 0.0343. The number of rotatable bonds is 26. The average molecular weight is 1260 g/mol. The molecule has 1 unspecified atom stereocenters. The van der Waals surface area contributed by atoms with Crippen LogP contribution in [0, 0.1) is 11.8 Å². The summed E-state index contributed by atoms with van der Waals surface area (Å²) in [6.07, 6.45) is -0.216. The van der Waals surface area contributed by atoms with Gasteiger partial charge in [0.1, 0.15) is 18.7 Å². The quantitative estimate of drug-likeness (QED) is 0.0276. The second-order valence-electron chi connectivity index (χ2n) is 23.9. The summed E-state index contributed by atoms with van der Waals surface area (Å²) in [5.74, 6) is -2.11.